The van der Waals surface area contributed by atoms with E-state index in [4.69, 9.17) is 9.72 Å². The number of anilines is 3. The van der Waals surface area contributed by atoms with E-state index in [1.807, 2.05) is 18.0 Å². The Morgan fingerprint density at radius 1 is 1.15 bits per heavy atom. The number of hydrogen-bond donors (Lipinski definition) is 0. The second-order valence-corrected chi connectivity index (χ2v) is 6.91. The van der Waals surface area contributed by atoms with Gasteiger partial charge in [-0.1, -0.05) is 0 Å². The molecule has 1 atom stereocenters. The van der Waals surface area contributed by atoms with Gasteiger partial charge in [-0.05, 0) is 19.4 Å². The van der Waals surface area contributed by atoms with Crippen molar-refractivity contribution in [3.63, 3.8) is 0 Å². The quantitative estimate of drug-likeness (QED) is 0.794. The molecule has 0 saturated carbocycles. The van der Waals surface area contributed by atoms with Crippen molar-refractivity contribution < 1.29 is 9.13 Å². The van der Waals surface area contributed by atoms with Crippen LogP contribution in [-0.4, -0.2) is 72.4 Å². The van der Waals surface area contributed by atoms with Crippen LogP contribution >= 0.6 is 0 Å². The maximum atomic E-state index is 14.3. The highest BCUT2D eigenvalue weighted by molar-refractivity contribution is 5.47. The molecule has 2 aliphatic heterocycles. The molecule has 4 rings (SSSR count). The van der Waals surface area contributed by atoms with E-state index in [1.54, 1.807) is 13.1 Å². The van der Waals surface area contributed by atoms with Gasteiger partial charge in [-0.15, -0.1) is 0 Å². The van der Waals surface area contributed by atoms with Gasteiger partial charge in [0.1, 0.15) is 12.1 Å². The van der Waals surface area contributed by atoms with Gasteiger partial charge in [0.25, 0.3) is 0 Å². The van der Waals surface area contributed by atoms with E-state index in [2.05, 4.69) is 24.8 Å². The SMILES string of the molecule is Cc1ncnc(N2CCC(N(C)c3ccnc(N4CCOCC4)n3)C2)c1F. The zero-order valence-corrected chi connectivity index (χ0v) is 15.7. The number of halogens is 1. The maximum Gasteiger partial charge on any atom is 0.227 e. The van der Waals surface area contributed by atoms with E-state index in [9.17, 15) is 4.39 Å². The molecule has 0 aromatic carbocycles. The van der Waals surface area contributed by atoms with Crippen molar-refractivity contribution >= 4 is 17.6 Å². The fourth-order valence-electron chi connectivity index (χ4n) is 3.55. The zero-order chi connectivity index (χ0) is 18.8. The molecular weight excluding hydrogens is 349 g/mol. The van der Waals surface area contributed by atoms with Gasteiger partial charge in [0.2, 0.25) is 5.95 Å². The van der Waals surface area contributed by atoms with Crippen LogP contribution in [0.4, 0.5) is 22.0 Å². The Bertz CT molecular complexity index is 799. The van der Waals surface area contributed by atoms with Crippen molar-refractivity contribution in [3.8, 4) is 0 Å². The number of nitrogens with zero attached hydrogens (tertiary/aromatic N) is 7. The summed E-state index contributed by atoms with van der Waals surface area (Å²) in [6.45, 7) is 6.11. The highest BCUT2D eigenvalue weighted by Gasteiger charge is 2.29. The summed E-state index contributed by atoms with van der Waals surface area (Å²) in [5.74, 6) is 1.65. The summed E-state index contributed by atoms with van der Waals surface area (Å²) in [7, 11) is 2.03. The van der Waals surface area contributed by atoms with Crippen molar-refractivity contribution in [1.29, 1.82) is 0 Å². The molecule has 144 valence electrons. The minimum atomic E-state index is -0.336. The Kier molecular flexibility index (Phi) is 5.02. The summed E-state index contributed by atoms with van der Waals surface area (Å²) < 4.78 is 19.7. The molecule has 27 heavy (non-hydrogen) atoms. The monoisotopic (exact) mass is 373 g/mol. The molecule has 2 aliphatic rings. The number of likely N-dealkylation sites (N-methyl/N-ethyl adjacent to an activating group) is 1. The first kappa shape index (κ1) is 17.8. The third kappa shape index (κ3) is 3.64. The Hall–Kier alpha value is -2.55. The number of aryl methyl sites for hydroxylation is 1. The lowest BCUT2D eigenvalue weighted by Crippen LogP contribution is -2.38. The van der Waals surface area contributed by atoms with Gasteiger partial charge >= 0.3 is 0 Å². The van der Waals surface area contributed by atoms with Crippen LogP contribution < -0.4 is 14.7 Å². The molecule has 2 saturated heterocycles. The number of aromatic nitrogens is 4. The van der Waals surface area contributed by atoms with Crippen LogP contribution in [0.5, 0.6) is 0 Å². The van der Waals surface area contributed by atoms with Crippen LogP contribution in [0.3, 0.4) is 0 Å². The summed E-state index contributed by atoms with van der Waals surface area (Å²) in [5.41, 5.74) is 0.378. The smallest absolute Gasteiger partial charge is 0.227 e. The average molecular weight is 373 g/mol. The molecule has 4 heterocycles. The van der Waals surface area contributed by atoms with Gasteiger partial charge < -0.3 is 19.4 Å². The average Bonchev–Trinajstić information content (AvgIpc) is 3.20. The first-order valence-electron chi connectivity index (χ1n) is 9.24. The van der Waals surface area contributed by atoms with E-state index < -0.39 is 0 Å². The molecular formula is C18H24FN7O. The standard InChI is InChI=1S/C18H24FN7O/c1-13-16(19)17(22-12-21-13)26-6-4-14(11-26)24(2)15-3-5-20-18(23-15)25-7-9-27-10-8-25/h3,5,12,14H,4,6-11H2,1-2H3. The van der Waals surface area contributed by atoms with Crippen LogP contribution in [0.15, 0.2) is 18.6 Å². The fraction of sp³-hybridized carbons (Fsp3) is 0.556. The molecule has 8 nitrogen and oxygen atoms in total. The van der Waals surface area contributed by atoms with E-state index >= 15 is 0 Å². The predicted octanol–water partition coefficient (Wildman–Crippen LogP) is 1.27. The summed E-state index contributed by atoms with van der Waals surface area (Å²) in [6.07, 6.45) is 4.13. The van der Waals surface area contributed by atoms with E-state index in [1.165, 1.54) is 6.33 Å². The topological polar surface area (TPSA) is 70.5 Å². The second kappa shape index (κ2) is 7.59. The van der Waals surface area contributed by atoms with Crippen molar-refractivity contribution in [2.75, 3.05) is 61.1 Å². The van der Waals surface area contributed by atoms with Crippen LogP contribution in [0.2, 0.25) is 0 Å². The number of morpholine rings is 1. The second-order valence-electron chi connectivity index (χ2n) is 6.91. The molecule has 1 unspecified atom stereocenters. The summed E-state index contributed by atoms with van der Waals surface area (Å²) in [6, 6.07) is 2.15. The predicted molar refractivity (Wildman–Crippen MR) is 101 cm³/mol. The lowest BCUT2D eigenvalue weighted by molar-refractivity contribution is 0.122. The largest absolute Gasteiger partial charge is 0.378 e. The Morgan fingerprint density at radius 2 is 1.96 bits per heavy atom. The van der Waals surface area contributed by atoms with Crippen molar-refractivity contribution in [3.05, 3.63) is 30.1 Å². The van der Waals surface area contributed by atoms with Gasteiger partial charge in [0.05, 0.1) is 18.9 Å². The maximum absolute atomic E-state index is 14.3. The molecule has 0 bridgehead atoms. The minimum Gasteiger partial charge on any atom is -0.378 e. The molecule has 0 aliphatic carbocycles. The van der Waals surface area contributed by atoms with Gasteiger partial charge in [0, 0.05) is 45.5 Å². The van der Waals surface area contributed by atoms with Gasteiger partial charge in [-0.3, -0.25) is 0 Å². The number of ether oxygens (including phenoxy) is 1. The minimum absolute atomic E-state index is 0.229. The third-order valence-corrected chi connectivity index (χ3v) is 5.24. The molecule has 0 radical (unpaired) electrons. The normalized spacial score (nSPS) is 20.2. The molecule has 9 heteroatoms. The lowest BCUT2D eigenvalue weighted by Gasteiger charge is -2.29. The molecule has 2 aromatic rings. The van der Waals surface area contributed by atoms with Crippen molar-refractivity contribution in [2.45, 2.75) is 19.4 Å². The van der Waals surface area contributed by atoms with Crippen LogP contribution in [0, 0.1) is 12.7 Å². The Labute approximate surface area is 158 Å². The van der Waals surface area contributed by atoms with Crippen LogP contribution in [-0.2, 0) is 4.74 Å². The third-order valence-electron chi connectivity index (χ3n) is 5.24. The van der Waals surface area contributed by atoms with E-state index in [0.717, 1.165) is 37.8 Å². The van der Waals surface area contributed by atoms with Gasteiger partial charge in [0.15, 0.2) is 11.6 Å². The summed E-state index contributed by atoms with van der Waals surface area (Å²) in [5, 5.41) is 0. The van der Waals surface area contributed by atoms with Crippen molar-refractivity contribution in [2.24, 2.45) is 0 Å². The van der Waals surface area contributed by atoms with Gasteiger partial charge in [-0.25, -0.2) is 19.3 Å². The van der Waals surface area contributed by atoms with E-state index in [0.29, 0.717) is 31.3 Å². The number of rotatable bonds is 4. The highest BCUT2D eigenvalue weighted by atomic mass is 19.1. The van der Waals surface area contributed by atoms with Crippen molar-refractivity contribution in [1.82, 2.24) is 19.9 Å². The molecule has 2 aromatic heterocycles. The molecule has 0 amide bonds. The molecule has 2 fully saturated rings. The Balaban J connectivity index is 1.47. The summed E-state index contributed by atoms with van der Waals surface area (Å²) in [4.78, 5) is 23.5. The first-order valence-corrected chi connectivity index (χ1v) is 9.24. The zero-order valence-electron chi connectivity index (χ0n) is 15.7. The highest BCUT2D eigenvalue weighted by Crippen LogP contribution is 2.26. The van der Waals surface area contributed by atoms with Crippen LogP contribution in [0.1, 0.15) is 12.1 Å². The Morgan fingerprint density at radius 3 is 2.78 bits per heavy atom. The fourth-order valence-corrected chi connectivity index (χ4v) is 3.55. The lowest BCUT2D eigenvalue weighted by atomic mass is 10.2. The number of hydrogen-bond acceptors (Lipinski definition) is 8. The first-order chi connectivity index (χ1) is 13.1. The van der Waals surface area contributed by atoms with Crippen LogP contribution in [0.25, 0.3) is 0 Å². The van der Waals surface area contributed by atoms with Gasteiger partial charge in [-0.2, -0.15) is 4.98 Å². The summed E-state index contributed by atoms with van der Waals surface area (Å²) >= 11 is 0. The molecule has 0 spiro atoms. The van der Waals surface area contributed by atoms with E-state index in [-0.39, 0.29) is 11.9 Å². The molecule has 0 N–H and O–H groups in total.